The highest BCUT2D eigenvalue weighted by Crippen LogP contribution is 2.24. The van der Waals surface area contributed by atoms with E-state index in [9.17, 15) is 9.59 Å². The fourth-order valence-corrected chi connectivity index (χ4v) is 2.72. The summed E-state index contributed by atoms with van der Waals surface area (Å²) in [5.41, 5.74) is 2.24. The molecule has 2 aromatic rings. The molecule has 0 atom stereocenters. The number of ether oxygens (including phenoxy) is 1. The Bertz CT molecular complexity index is 789. The zero-order valence-corrected chi connectivity index (χ0v) is 13.9. The van der Waals surface area contributed by atoms with Gasteiger partial charge >= 0.3 is 5.97 Å². The van der Waals surface area contributed by atoms with Crippen molar-refractivity contribution in [1.29, 1.82) is 0 Å². The van der Waals surface area contributed by atoms with Crippen LogP contribution in [0.25, 0.3) is 0 Å². The zero-order valence-electron chi connectivity index (χ0n) is 13.9. The fraction of sp³-hybridized carbons (Fsp3) is 0.333. The number of nitrogens with zero attached hydrogens (tertiary/aromatic N) is 3. The Morgan fingerprint density at radius 2 is 1.96 bits per heavy atom. The summed E-state index contributed by atoms with van der Waals surface area (Å²) in [5, 5.41) is 8.84. The highest BCUT2D eigenvalue weighted by Gasteiger charge is 2.23. The second kappa shape index (κ2) is 7.29. The van der Waals surface area contributed by atoms with E-state index in [1.807, 2.05) is 18.2 Å². The van der Waals surface area contributed by atoms with Gasteiger partial charge in [-0.05, 0) is 36.1 Å². The van der Waals surface area contributed by atoms with E-state index in [1.54, 1.807) is 4.90 Å². The lowest BCUT2D eigenvalue weighted by molar-refractivity contribution is 0.0683. The maximum Gasteiger partial charge on any atom is 0.356 e. The molecule has 0 bridgehead atoms. The molecule has 130 valence electrons. The van der Waals surface area contributed by atoms with E-state index in [1.165, 1.54) is 11.8 Å². The van der Waals surface area contributed by atoms with Gasteiger partial charge in [0, 0.05) is 13.1 Å². The van der Waals surface area contributed by atoms with Gasteiger partial charge in [0.25, 0.3) is 5.91 Å². The first-order valence-electron chi connectivity index (χ1n) is 8.17. The van der Waals surface area contributed by atoms with Crippen molar-refractivity contribution in [2.75, 3.05) is 13.2 Å². The van der Waals surface area contributed by atoms with Gasteiger partial charge in [0.2, 0.25) is 0 Å². The van der Waals surface area contributed by atoms with Gasteiger partial charge in [-0.1, -0.05) is 13.0 Å². The number of hydrogen-bond acceptors (Lipinski definition) is 5. The Hall–Kier alpha value is -2.96. The minimum absolute atomic E-state index is 0.149. The van der Waals surface area contributed by atoms with Crippen molar-refractivity contribution in [2.24, 2.45) is 0 Å². The molecule has 1 aromatic carbocycles. The van der Waals surface area contributed by atoms with E-state index in [2.05, 4.69) is 16.9 Å². The molecule has 1 aliphatic rings. The second-order valence-electron chi connectivity index (χ2n) is 5.85. The van der Waals surface area contributed by atoms with Gasteiger partial charge in [0.05, 0.1) is 19.0 Å². The molecule has 0 fully saturated rings. The fourth-order valence-electron chi connectivity index (χ4n) is 2.72. The summed E-state index contributed by atoms with van der Waals surface area (Å²) in [6, 6.07) is 5.94. The molecule has 0 saturated carbocycles. The van der Waals surface area contributed by atoms with E-state index >= 15 is 0 Å². The Labute approximate surface area is 145 Å². The Kier molecular flexibility index (Phi) is 4.92. The maximum atomic E-state index is 12.6. The van der Waals surface area contributed by atoms with Crippen LogP contribution in [0.1, 0.15) is 45.4 Å². The minimum Gasteiger partial charge on any atom is -0.494 e. The zero-order chi connectivity index (χ0) is 17.8. The summed E-state index contributed by atoms with van der Waals surface area (Å²) in [7, 11) is 0. The third-order valence-corrected chi connectivity index (χ3v) is 4.04. The van der Waals surface area contributed by atoms with Crippen LogP contribution in [0.2, 0.25) is 0 Å². The number of hydrogen-bond donors (Lipinski definition) is 1. The number of carbonyl (C=O) groups is 2. The van der Waals surface area contributed by atoms with Crippen LogP contribution < -0.4 is 4.74 Å². The lowest BCUT2D eigenvalue weighted by Gasteiger charge is -2.28. The molecule has 1 aromatic heterocycles. The Morgan fingerprint density at radius 1 is 1.20 bits per heavy atom. The number of aromatic carboxylic acids is 1. The first-order valence-corrected chi connectivity index (χ1v) is 8.17. The Morgan fingerprint density at radius 3 is 2.64 bits per heavy atom. The Balaban J connectivity index is 1.71. The predicted molar refractivity (Wildman–Crippen MR) is 89.7 cm³/mol. The third-order valence-electron chi connectivity index (χ3n) is 4.04. The first kappa shape index (κ1) is 16.9. The van der Waals surface area contributed by atoms with Gasteiger partial charge in [-0.15, -0.1) is 0 Å². The molecule has 0 unspecified atom stereocenters. The van der Waals surface area contributed by atoms with Crippen LogP contribution in [0.15, 0.2) is 30.6 Å². The monoisotopic (exact) mass is 341 g/mol. The molecular formula is C18H19N3O4. The molecule has 0 spiro atoms. The smallest absolute Gasteiger partial charge is 0.356 e. The normalized spacial score (nSPS) is 13.2. The largest absolute Gasteiger partial charge is 0.494 e. The number of aromatic nitrogens is 2. The highest BCUT2D eigenvalue weighted by atomic mass is 16.5. The van der Waals surface area contributed by atoms with Gasteiger partial charge < -0.3 is 14.7 Å². The quantitative estimate of drug-likeness (QED) is 0.896. The van der Waals surface area contributed by atoms with Crippen LogP contribution in [0.3, 0.4) is 0 Å². The number of amides is 1. The topological polar surface area (TPSA) is 92.6 Å². The van der Waals surface area contributed by atoms with Crippen molar-refractivity contribution in [3.8, 4) is 5.75 Å². The minimum atomic E-state index is -1.17. The van der Waals surface area contributed by atoms with Crippen LogP contribution in [-0.2, 0) is 13.0 Å². The van der Waals surface area contributed by atoms with Gasteiger partial charge in [-0.2, -0.15) is 0 Å². The predicted octanol–water partition coefficient (Wildman–Crippen LogP) is 2.16. The number of carboxylic acids is 1. The van der Waals surface area contributed by atoms with Gasteiger partial charge in [-0.25, -0.2) is 14.8 Å². The van der Waals surface area contributed by atoms with E-state index in [-0.39, 0.29) is 17.3 Å². The van der Waals surface area contributed by atoms with Crippen LogP contribution in [0.5, 0.6) is 5.75 Å². The average molecular weight is 341 g/mol. The first-order chi connectivity index (χ1) is 12.1. The maximum absolute atomic E-state index is 12.6. The number of carboxylic acid groups (broad SMARTS) is 1. The van der Waals surface area contributed by atoms with E-state index in [0.717, 1.165) is 30.4 Å². The average Bonchev–Trinajstić information content (AvgIpc) is 2.65. The SMILES string of the molecule is CCCOc1ccc2c(c1)CCN(C(=O)c1cnc(C(=O)O)cn1)C2. The number of benzene rings is 1. The van der Waals surface area contributed by atoms with E-state index in [4.69, 9.17) is 9.84 Å². The van der Waals surface area contributed by atoms with Crippen molar-refractivity contribution >= 4 is 11.9 Å². The molecule has 7 nitrogen and oxygen atoms in total. The molecule has 1 N–H and O–H groups in total. The molecule has 2 heterocycles. The van der Waals surface area contributed by atoms with Crippen molar-refractivity contribution in [1.82, 2.24) is 14.9 Å². The number of fused-ring (bicyclic) bond motifs is 1. The lowest BCUT2D eigenvalue weighted by Crippen LogP contribution is -2.36. The summed E-state index contributed by atoms with van der Waals surface area (Å²) in [6.45, 7) is 3.82. The highest BCUT2D eigenvalue weighted by molar-refractivity contribution is 5.93. The van der Waals surface area contributed by atoms with Crippen LogP contribution >= 0.6 is 0 Å². The van der Waals surface area contributed by atoms with Crippen LogP contribution in [0, 0.1) is 0 Å². The van der Waals surface area contributed by atoms with E-state index in [0.29, 0.717) is 19.7 Å². The number of rotatable bonds is 5. The summed E-state index contributed by atoms with van der Waals surface area (Å²) in [5.74, 6) is -0.559. The van der Waals surface area contributed by atoms with Gasteiger partial charge in [0.1, 0.15) is 11.4 Å². The molecular weight excluding hydrogens is 322 g/mol. The molecule has 0 radical (unpaired) electrons. The molecule has 0 aliphatic carbocycles. The second-order valence-corrected chi connectivity index (χ2v) is 5.85. The summed E-state index contributed by atoms with van der Waals surface area (Å²) >= 11 is 0. The van der Waals surface area contributed by atoms with Crippen molar-refractivity contribution in [3.05, 3.63) is 53.1 Å². The molecule has 7 heteroatoms. The van der Waals surface area contributed by atoms with Gasteiger partial charge in [-0.3, -0.25) is 4.79 Å². The summed E-state index contributed by atoms with van der Waals surface area (Å²) in [4.78, 5) is 32.7. The van der Waals surface area contributed by atoms with Crippen LogP contribution in [-0.4, -0.2) is 45.0 Å². The molecule has 0 saturated heterocycles. The molecule has 3 rings (SSSR count). The number of carbonyl (C=O) groups excluding carboxylic acids is 1. The van der Waals surface area contributed by atoms with Crippen LogP contribution in [0.4, 0.5) is 0 Å². The molecule has 1 aliphatic heterocycles. The molecule has 25 heavy (non-hydrogen) atoms. The van der Waals surface area contributed by atoms with Gasteiger partial charge in [0.15, 0.2) is 5.69 Å². The summed E-state index contributed by atoms with van der Waals surface area (Å²) < 4.78 is 5.65. The van der Waals surface area contributed by atoms with E-state index < -0.39 is 5.97 Å². The standard InChI is InChI=1S/C18H19N3O4/c1-2-7-25-14-4-3-13-11-21(6-5-12(13)8-14)17(22)15-9-20-16(10-19-15)18(23)24/h3-4,8-10H,2,5-7,11H2,1H3,(H,23,24). The van der Waals surface area contributed by atoms with Crippen molar-refractivity contribution in [2.45, 2.75) is 26.3 Å². The summed E-state index contributed by atoms with van der Waals surface area (Å²) in [6.07, 6.45) is 4.01. The van der Waals surface area contributed by atoms with Crippen molar-refractivity contribution in [3.63, 3.8) is 0 Å². The lowest BCUT2D eigenvalue weighted by atomic mass is 9.99. The third kappa shape index (κ3) is 3.76. The molecule has 1 amide bonds. The van der Waals surface area contributed by atoms with Crippen molar-refractivity contribution < 1.29 is 19.4 Å².